The number of H-pyrrole nitrogens is 1. The zero-order chi connectivity index (χ0) is 10.3. The van der Waals surface area contributed by atoms with Crippen molar-refractivity contribution in [1.82, 2.24) is 4.98 Å². The van der Waals surface area contributed by atoms with E-state index in [1.54, 1.807) is 6.92 Å². The number of aromatic amines is 1. The monoisotopic (exact) mass is 195 g/mol. The molecule has 0 spiro atoms. The van der Waals surface area contributed by atoms with Crippen LogP contribution in [0.3, 0.4) is 0 Å². The van der Waals surface area contributed by atoms with E-state index in [9.17, 15) is 13.6 Å². The van der Waals surface area contributed by atoms with Crippen LogP contribution in [-0.4, -0.2) is 4.98 Å². The van der Waals surface area contributed by atoms with E-state index < -0.39 is 17.1 Å². The summed E-state index contributed by atoms with van der Waals surface area (Å²) < 4.78 is 26.0. The maximum atomic E-state index is 13.2. The largest absolute Gasteiger partial charge is 0.361 e. The molecule has 2 aromatic rings. The quantitative estimate of drug-likeness (QED) is 0.686. The second kappa shape index (κ2) is 2.90. The Bertz CT molecular complexity index is 560. The van der Waals surface area contributed by atoms with Crippen LogP contribution in [0.15, 0.2) is 23.1 Å². The SMILES string of the molecule is Cc1c[nH]c2cc(F)cc(F)c2c1=O. The van der Waals surface area contributed by atoms with Crippen LogP contribution in [0, 0.1) is 18.6 Å². The van der Waals surface area contributed by atoms with E-state index in [1.807, 2.05) is 0 Å². The number of nitrogens with one attached hydrogen (secondary N) is 1. The summed E-state index contributed by atoms with van der Waals surface area (Å²) in [5, 5.41) is -0.0913. The molecular formula is C10H7F2NO. The molecule has 0 fully saturated rings. The normalized spacial score (nSPS) is 10.8. The minimum atomic E-state index is -0.829. The summed E-state index contributed by atoms with van der Waals surface area (Å²) in [7, 11) is 0. The Labute approximate surface area is 78.2 Å². The van der Waals surface area contributed by atoms with Crippen LogP contribution in [0.2, 0.25) is 0 Å². The van der Waals surface area contributed by atoms with Crippen molar-refractivity contribution in [3.63, 3.8) is 0 Å². The predicted molar refractivity (Wildman–Crippen MR) is 49.2 cm³/mol. The zero-order valence-electron chi connectivity index (χ0n) is 7.40. The number of rotatable bonds is 0. The lowest BCUT2D eigenvalue weighted by Gasteiger charge is -2.00. The summed E-state index contributed by atoms with van der Waals surface area (Å²) in [5.41, 5.74) is 0.178. The van der Waals surface area contributed by atoms with E-state index >= 15 is 0 Å². The van der Waals surface area contributed by atoms with Crippen molar-refractivity contribution < 1.29 is 8.78 Å². The number of hydrogen-bond donors (Lipinski definition) is 1. The lowest BCUT2D eigenvalue weighted by atomic mass is 10.1. The fourth-order valence-electron chi connectivity index (χ4n) is 1.37. The van der Waals surface area contributed by atoms with Gasteiger partial charge in [-0.3, -0.25) is 4.79 Å². The molecule has 2 nitrogen and oxygen atoms in total. The third-order valence-electron chi connectivity index (χ3n) is 2.08. The standard InChI is InChI=1S/C10H7F2NO/c1-5-4-13-8-3-6(11)2-7(12)9(8)10(5)14/h2-4H,1H3,(H,13,14). The molecule has 0 aliphatic heterocycles. The van der Waals surface area contributed by atoms with Crippen LogP contribution < -0.4 is 5.43 Å². The summed E-state index contributed by atoms with van der Waals surface area (Å²) in [6.45, 7) is 1.57. The van der Waals surface area contributed by atoms with E-state index in [-0.39, 0.29) is 10.9 Å². The van der Waals surface area contributed by atoms with E-state index in [1.165, 1.54) is 6.20 Å². The average molecular weight is 195 g/mol. The first-order chi connectivity index (χ1) is 6.59. The molecule has 0 unspecified atom stereocenters. The van der Waals surface area contributed by atoms with Gasteiger partial charge in [-0.05, 0) is 13.0 Å². The molecule has 0 bridgehead atoms. The van der Waals surface area contributed by atoms with Gasteiger partial charge in [-0.1, -0.05) is 0 Å². The number of halogens is 2. The molecule has 2 rings (SSSR count). The number of aryl methyl sites for hydroxylation is 1. The molecule has 14 heavy (non-hydrogen) atoms. The molecule has 0 atom stereocenters. The van der Waals surface area contributed by atoms with Crippen LogP contribution in [-0.2, 0) is 0 Å². The highest BCUT2D eigenvalue weighted by atomic mass is 19.1. The lowest BCUT2D eigenvalue weighted by molar-refractivity contribution is 0.591. The second-order valence-electron chi connectivity index (χ2n) is 3.11. The third-order valence-corrected chi connectivity index (χ3v) is 2.08. The molecule has 4 heteroatoms. The number of benzene rings is 1. The van der Waals surface area contributed by atoms with Gasteiger partial charge in [0.05, 0.1) is 10.9 Å². The topological polar surface area (TPSA) is 32.9 Å². The molecule has 72 valence electrons. The molecule has 1 N–H and O–H groups in total. The zero-order valence-corrected chi connectivity index (χ0v) is 7.40. The predicted octanol–water partition coefficient (Wildman–Crippen LogP) is 2.11. The van der Waals surface area contributed by atoms with Crippen LogP contribution in [0.5, 0.6) is 0 Å². The van der Waals surface area contributed by atoms with Crippen LogP contribution in [0.4, 0.5) is 8.78 Å². The van der Waals surface area contributed by atoms with Gasteiger partial charge in [-0.2, -0.15) is 0 Å². The van der Waals surface area contributed by atoms with Crippen LogP contribution >= 0.6 is 0 Å². The van der Waals surface area contributed by atoms with E-state index in [0.29, 0.717) is 11.6 Å². The van der Waals surface area contributed by atoms with Gasteiger partial charge in [0.15, 0.2) is 5.43 Å². The van der Waals surface area contributed by atoms with Gasteiger partial charge in [0.25, 0.3) is 0 Å². The van der Waals surface area contributed by atoms with Gasteiger partial charge < -0.3 is 4.98 Å². The van der Waals surface area contributed by atoms with Gasteiger partial charge >= 0.3 is 0 Å². The first-order valence-electron chi connectivity index (χ1n) is 4.06. The molecule has 0 saturated carbocycles. The number of aromatic nitrogens is 1. The van der Waals surface area contributed by atoms with Crippen molar-refractivity contribution in [2.75, 3.05) is 0 Å². The minimum Gasteiger partial charge on any atom is -0.361 e. The smallest absolute Gasteiger partial charge is 0.195 e. The first kappa shape index (κ1) is 8.87. The Morgan fingerprint density at radius 3 is 2.71 bits per heavy atom. The maximum absolute atomic E-state index is 13.2. The van der Waals surface area contributed by atoms with E-state index in [4.69, 9.17) is 0 Å². The summed E-state index contributed by atoms with van der Waals surface area (Å²) in [4.78, 5) is 14.1. The summed E-state index contributed by atoms with van der Waals surface area (Å²) >= 11 is 0. The maximum Gasteiger partial charge on any atom is 0.195 e. The highest BCUT2D eigenvalue weighted by Crippen LogP contribution is 2.14. The van der Waals surface area contributed by atoms with Gasteiger partial charge in [0, 0.05) is 17.8 Å². The molecular weight excluding hydrogens is 188 g/mol. The van der Waals surface area contributed by atoms with Crippen molar-refractivity contribution in [3.8, 4) is 0 Å². The van der Waals surface area contributed by atoms with Crippen molar-refractivity contribution in [1.29, 1.82) is 0 Å². The molecule has 1 heterocycles. The van der Waals surface area contributed by atoms with Crippen molar-refractivity contribution in [3.05, 3.63) is 45.8 Å². The van der Waals surface area contributed by atoms with Crippen molar-refractivity contribution >= 4 is 10.9 Å². The van der Waals surface area contributed by atoms with Crippen LogP contribution in [0.1, 0.15) is 5.56 Å². The minimum absolute atomic E-state index is 0.0913. The first-order valence-corrected chi connectivity index (χ1v) is 4.06. The van der Waals surface area contributed by atoms with Gasteiger partial charge in [0.1, 0.15) is 11.6 Å². The Kier molecular flexibility index (Phi) is 1.84. The van der Waals surface area contributed by atoms with Gasteiger partial charge in [-0.15, -0.1) is 0 Å². The molecule has 0 aliphatic carbocycles. The summed E-state index contributed by atoms with van der Waals surface area (Å²) in [5.74, 6) is -1.53. The van der Waals surface area contributed by atoms with Gasteiger partial charge in [-0.25, -0.2) is 8.78 Å². The van der Waals surface area contributed by atoms with Gasteiger partial charge in [0.2, 0.25) is 0 Å². The lowest BCUT2D eigenvalue weighted by Crippen LogP contribution is -2.08. The number of hydrogen-bond acceptors (Lipinski definition) is 1. The second-order valence-corrected chi connectivity index (χ2v) is 3.11. The number of pyridine rings is 1. The molecule has 1 aromatic carbocycles. The third kappa shape index (κ3) is 1.19. The van der Waals surface area contributed by atoms with E-state index in [2.05, 4.69) is 4.98 Å². The highest BCUT2D eigenvalue weighted by molar-refractivity contribution is 5.79. The Morgan fingerprint density at radius 1 is 1.29 bits per heavy atom. The van der Waals surface area contributed by atoms with Crippen molar-refractivity contribution in [2.24, 2.45) is 0 Å². The Morgan fingerprint density at radius 2 is 2.00 bits per heavy atom. The molecule has 0 saturated heterocycles. The fraction of sp³-hybridized carbons (Fsp3) is 0.100. The summed E-state index contributed by atoms with van der Waals surface area (Å²) in [6, 6.07) is 1.80. The van der Waals surface area contributed by atoms with Crippen LogP contribution in [0.25, 0.3) is 10.9 Å². The molecule has 1 aromatic heterocycles. The van der Waals surface area contributed by atoms with E-state index in [0.717, 1.165) is 6.07 Å². The fourth-order valence-corrected chi connectivity index (χ4v) is 1.37. The molecule has 0 amide bonds. The molecule has 0 aliphatic rings. The number of fused-ring (bicyclic) bond motifs is 1. The Hall–Kier alpha value is -1.71. The highest BCUT2D eigenvalue weighted by Gasteiger charge is 2.08. The Balaban J connectivity index is 3.03. The summed E-state index contributed by atoms with van der Waals surface area (Å²) in [6.07, 6.45) is 1.43. The average Bonchev–Trinajstić information content (AvgIpc) is 2.10. The van der Waals surface area contributed by atoms with Crippen molar-refractivity contribution in [2.45, 2.75) is 6.92 Å². The molecule has 0 radical (unpaired) electrons.